The fourth-order valence-electron chi connectivity index (χ4n) is 2.37. The maximum absolute atomic E-state index is 10.1. The van der Waals surface area contributed by atoms with E-state index in [1.807, 2.05) is 25.1 Å². The van der Waals surface area contributed by atoms with Gasteiger partial charge in [-0.1, -0.05) is 0 Å². The van der Waals surface area contributed by atoms with E-state index in [-0.39, 0.29) is 6.10 Å². The lowest BCUT2D eigenvalue weighted by Crippen LogP contribution is -2.42. The number of aliphatic hydroxyl groups is 1. The molecule has 1 fully saturated rings. The number of aliphatic hydroxyl groups excluding tert-OH is 1. The Morgan fingerprint density at radius 1 is 1.40 bits per heavy atom. The first kappa shape index (κ1) is 15.1. The average molecular weight is 280 g/mol. The summed E-state index contributed by atoms with van der Waals surface area (Å²) in [5.74, 6) is 0.879. The number of aryl methyl sites for hydroxylation is 1. The number of benzene rings is 1. The Balaban J connectivity index is 1.77. The monoisotopic (exact) mass is 280 g/mol. The fraction of sp³-hybridized carbons (Fsp3) is 0.600. The van der Waals surface area contributed by atoms with Gasteiger partial charge in [0, 0.05) is 31.9 Å². The highest BCUT2D eigenvalue weighted by Gasteiger charge is 2.14. The molecule has 1 unspecified atom stereocenters. The van der Waals surface area contributed by atoms with Crippen molar-refractivity contribution in [1.82, 2.24) is 4.90 Å². The standard InChI is InChI=1S/C15H24N2O3/c1-12-9-13(3-4-15(12)19-2)16-10-14(18)11-17-5-7-20-8-6-17/h3-4,9,14,16,18H,5-8,10-11H2,1-2H3. The van der Waals surface area contributed by atoms with Gasteiger partial charge in [0.1, 0.15) is 5.75 Å². The highest BCUT2D eigenvalue weighted by molar-refractivity contribution is 5.50. The van der Waals surface area contributed by atoms with Crippen molar-refractivity contribution in [1.29, 1.82) is 0 Å². The highest BCUT2D eigenvalue weighted by Crippen LogP contribution is 2.21. The predicted molar refractivity (Wildman–Crippen MR) is 79.5 cm³/mol. The number of nitrogens with one attached hydrogen (secondary N) is 1. The molecule has 1 atom stereocenters. The predicted octanol–water partition coefficient (Wildman–Crippen LogP) is 1.11. The van der Waals surface area contributed by atoms with E-state index in [1.54, 1.807) is 7.11 Å². The maximum atomic E-state index is 10.1. The van der Waals surface area contributed by atoms with Gasteiger partial charge < -0.3 is 19.9 Å². The molecule has 1 aliphatic rings. The van der Waals surface area contributed by atoms with Crippen molar-refractivity contribution in [2.24, 2.45) is 0 Å². The summed E-state index contributed by atoms with van der Waals surface area (Å²) in [5, 5.41) is 13.3. The number of β-amino-alcohol motifs (C(OH)–C–C–N with tert-alkyl or cyclic N) is 1. The van der Waals surface area contributed by atoms with E-state index >= 15 is 0 Å². The minimum atomic E-state index is -0.379. The van der Waals surface area contributed by atoms with Crippen LogP contribution in [0.1, 0.15) is 5.56 Å². The highest BCUT2D eigenvalue weighted by atomic mass is 16.5. The smallest absolute Gasteiger partial charge is 0.121 e. The molecule has 1 saturated heterocycles. The fourth-order valence-corrected chi connectivity index (χ4v) is 2.37. The second-order valence-electron chi connectivity index (χ2n) is 5.13. The van der Waals surface area contributed by atoms with E-state index in [0.717, 1.165) is 43.3 Å². The molecular formula is C15H24N2O3. The minimum Gasteiger partial charge on any atom is -0.496 e. The number of rotatable bonds is 6. The average Bonchev–Trinajstić information content (AvgIpc) is 2.46. The molecule has 2 N–H and O–H groups in total. The van der Waals surface area contributed by atoms with Gasteiger partial charge in [-0.3, -0.25) is 4.90 Å². The normalized spacial score (nSPS) is 17.8. The lowest BCUT2D eigenvalue weighted by atomic mass is 10.2. The number of hydrogen-bond acceptors (Lipinski definition) is 5. The SMILES string of the molecule is COc1ccc(NCC(O)CN2CCOCC2)cc1C. The van der Waals surface area contributed by atoms with Crippen LogP contribution in [0.4, 0.5) is 5.69 Å². The Bertz CT molecular complexity index is 420. The number of ether oxygens (including phenoxy) is 2. The minimum absolute atomic E-state index is 0.379. The van der Waals surface area contributed by atoms with Crippen molar-refractivity contribution in [3.63, 3.8) is 0 Å². The number of anilines is 1. The van der Waals surface area contributed by atoms with Crippen molar-refractivity contribution in [2.75, 3.05) is 51.8 Å². The molecular weight excluding hydrogens is 256 g/mol. The quantitative estimate of drug-likeness (QED) is 0.817. The first-order chi connectivity index (χ1) is 9.69. The Morgan fingerprint density at radius 3 is 2.80 bits per heavy atom. The lowest BCUT2D eigenvalue weighted by Gasteiger charge is -2.28. The van der Waals surface area contributed by atoms with E-state index in [2.05, 4.69) is 10.2 Å². The Hall–Kier alpha value is -1.30. The van der Waals surface area contributed by atoms with Crippen molar-refractivity contribution >= 4 is 5.69 Å². The number of nitrogens with zero attached hydrogens (tertiary/aromatic N) is 1. The Labute approximate surface area is 120 Å². The molecule has 2 rings (SSSR count). The summed E-state index contributed by atoms with van der Waals surface area (Å²) in [6, 6.07) is 5.93. The Kier molecular flexibility index (Phi) is 5.64. The lowest BCUT2D eigenvalue weighted by molar-refractivity contribution is 0.0171. The van der Waals surface area contributed by atoms with Gasteiger partial charge >= 0.3 is 0 Å². The summed E-state index contributed by atoms with van der Waals surface area (Å²) >= 11 is 0. The van der Waals surface area contributed by atoms with Crippen LogP contribution >= 0.6 is 0 Å². The van der Waals surface area contributed by atoms with Crippen LogP contribution in [0.5, 0.6) is 5.75 Å². The van der Waals surface area contributed by atoms with Crippen LogP contribution in [-0.4, -0.2) is 62.6 Å². The van der Waals surface area contributed by atoms with Crippen molar-refractivity contribution in [3.8, 4) is 5.75 Å². The van der Waals surface area contributed by atoms with Crippen molar-refractivity contribution in [3.05, 3.63) is 23.8 Å². The molecule has 1 heterocycles. The van der Waals surface area contributed by atoms with Gasteiger partial charge in [0.25, 0.3) is 0 Å². The van der Waals surface area contributed by atoms with Gasteiger partial charge in [-0.15, -0.1) is 0 Å². The third-order valence-corrected chi connectivity index (χ3v) is 3.51. The molecule has 1 aliphatic heterocycles. The zero-order chi connectivity index (χ0) is 14.4. The van der Waals surface area contributed by atoms with E-state index in [1.165, 1.54) is 0 Å². The topological polar surface area (TPSA) is 54.0 Å². The molecule has 5 heteroatoms. The van der Waals surface area contributed by atoms with Gasteiger partial charge in [0.05, 0.1) is 26.4 Å². The van der Waals surface area contributed by atoms with Crippen LogP contribution in [0.25, 0.3) is 0 Å². The van der Waals surface area contributed by atoms with Gasteiger partial charge in [0.15, 0.2) is 0 Å². The van der Waals surface area contributed by atoms with E-state index in [4.69, 9.17) is 9.47 Å². The van der Waals surface area contributed by atoms with Crippen LogP contribution in [0.15, 0.2) is 18.2 Å². The summed E-state index contributed by atoms with van der Waals surface area (Å²) in [6.45, 7) is 6.57. The van der Waals surface area contributed by atoms with Crippen molar-refractivity contribution < 1.29 is 14.6 Å². The molecule has 1 aromatic carbocycles. The molecule has 0 aliphatic carbocycles. The summed E-state index contributed by atoms with van der Waals surface area (Å²) in [7, 11) is 1.67. The summed E-state index contributed by atoms with van der Waals surface area (Å²) in [6.07, 6.45) is -0.379. The third kappa shape index (κ3) is 4.37. The molecule has 0 radical (unpaired) electrons. The zero-order valence-corrected chi connectivity index (χ0v) is 12.3. The number of hydrogen-bond donors (Lipinski definition) is 2. The summed E-state index contributed by atoms with van der Waals surface area (Å²) in [4.78, 5) is 2.23. The molecule has 20 heavy (non-hydrogen) atoms. The Morgan fingerprint density at radius 2 is 2.15 bits per heavy atom. The van der Waals surface area contributed by atoms with Crippen LogP contribution < -0.4 is 10.1 Å². The van der Waals surface area contributed by atoms with E-state index in [9.17, 15) is 5.11 Å². The molecule has 112 valence electrons. The van der Waals surface area contributed by atoms with Gasteiger partial charge in [-0.2, -0.15) is 0 Å². The number of morpholine rings is 1. The van der Waals surface area contributed by atoms with E-state index < -0.39 is 0 Å². The molecule has 5 nitrogen and oxygen atoms in total. The first-order valence-corrected chi connectivity index (χ1v) is 7.05. The van der Waals surface area contributed by atoms with Crippen LogP contribution in [0, 0.1) is 6.92 Å². The van der Waals surface area contributed by atoms with Crippen LogP contribution in [-0.2, 0) is 4.74 Å². The second kappa shape index (κ2) is 7.47. The summed E-state index contributed by atoms with van der Waals surface area (Å²) < 4.78 is 10.5. The largest absolute Gasteiger partial charge is 0.496 e. The molecule has 0 saturated carbocycles. The van der Waals surface area contributed by atoms with Gasteiger partial charge in [0.2, 0.25) is 0 Å². The molecule has 1 aromatic rings. The number of methoxy groups -OCH3 is 1. The molecule has 0 spiro atoms. The molecule has 0 bridgehead atoms. The van der Waals surface area contributed by atoms with Gasteiger partial charge in [-0.05, 0) is 30.7 Å². The molecule has 0 amide bonds. The van der Waals surface area contributed by atoms with Gasteiger partial charge in [-0.25, -0.2) is 0 Å². The van der Waals surface area contributed by atoms with Crippen LogP contribution in [0.3, 0.4) is 0 Å². The summed E-state index contributed by atoms with van der Waals surface area (Å²) in [5.41, 5.74) is 2.09. The second-order valence-corrected chi connectivity index (χ2v) is 5.13. The zero-order valence-electron chi connectivity index (χ0n) is 12.3. The van der Waals surface area contributed by atoms with Crippen LogP contribution in [0.2, 0.25) is 0 Å². The molecule has 0 aromatic heterocycles. The van der Waals surface area contributed by atoms with Crippen molar-refractivity contribution in [2.45, 2.75) is 13.0 Å². The van der Waals surface area contributed by atoms with E-state index in [0.29, 0.717) is 13.1 Å². The first-order valence-electron chi connectivity index (χ1n) is 7.05. The third-order valence-electron chi connectivity index (χ3n) is 3.51. The maximum Gasteiger partial charge on any atom is 0.121 e.